The largest absolute Gasteiger partial charge is 0.474 e. The summed E-state index contributed by atoms with van der Waals surface area (Å²) in [6.07, 6.45) is 6.17. The number of imidazole rings is 1. The first-order valence-electron chi connectivity index (χ1n) is 11.2. The fourth-order valence-corrected chi connectivity index (χ4v) is 4.02. The van der Waals surface area contributed by atoms with E-state index in [1.54, 1.807) is 30.4 Å². The van der Waals surface area contributed by atoms with Crippen molar-refractivity contribution in [2.24, 2.45) is 0 Å². The molecule has 0 aromatic carbocycles. The van der Waals surface area contributed by atoms with E-state index in [9.17, 15) is 4.79 Å². The van der Waals surface area contributed by atoms with Crippen LogP contribution in [0.1, 0.15) is 29.0 Å². The molecule has 178 valence electrons. The molecule has 2 fully saturated rings. The maximum atomic E-state index is 12.7. The van der Waals surface area contributed by atoms with Crippen molar-refractivity contribution >= 4 is 17.8 Å². The lowest BCUT2D eigenvalue weighted by molar-refractivity contribution is 0.0233. The molecule has 3 N–H and O–H groups in total. The van der Waals surface area contributed by atoms with Gasteiger partial charge in [-0.2, -0.15) is 4.98 Å². The molecule has 0 spiro atoms. The topological polar surface area (TPSA) is 148 Å². The number of nitrogen functional groups attached to an aromatic ring is 1. The van der Waals surface area contributed by atoms with E-state index in [-0.39, 0.29) is 24.0 Å². The molecule has 5 rings (SSSR count). The van der Waals surface area contributed by atoms with Crippen LogP contribution in [0.2, 0.25) is 0 Å². The fraction of sp³-hybridized carbons (Fsp3) is 0.455. The minimum atomic E-state index is -0.0931. The van der Waals surface area contributed by atoms with E-state index in [0.29, 0.717) is 62.4 Å². The van der Waals surface area contributed by atoms with Crippen LogP contribution >= 0.6 is 0 Å². The lowest BCUT2D eigenvalue weighted by Crippen LogP contribution is -2.50. The molecule has 0 unspecified atom stereocenters. The van der Waals surface area contributed by atoms with E-state index in [2.05, 4.69) is 29.8 Å². The molecular formula is C22H27N9O3. The van der Waals surface area contributed by atoms with Crippen LogP contribution in [0, 0.1) is 6.92 Å². The lowest BCUT2D eigenvalue weighted by atomic mass is 9.88. The first kappa shape index (κ1) is 22.0. The van der Waals surface area contributed by atoms with Crippen molar-refractivity contribution in [3.05, 3.63) is 36.2 Å². The molecule has 3 aromatic rings. The van der Waals surface area contributed by atoms with Crippen LogP contribution in [0.5, 0.6) is 5.88 Å². The monoisotopic (exact) mass is 465 g/mol. The second kappa shape index (κ2) is 9.21. The van der Waals surface area contributed by atoms with Gasteiger partial charge in [-0.05, 0) is 6.92 Å². The molecule has 34 heavy (non-hydrogen) atoms. The molecule has 1 amide bonds. The molecule has 1 saturated carbocycles. The number of nitrogens with two attached hydrogens (primary N) is 1. The van der Waals surface area contributed by atoms with E-state index in [0.717, 1.165) is 11.3 Å². The lowest BCUT2D eigenvalue weighted by Gasteiger charge is -2.40. The normalized spacial score (nSPS) is 20.0. The second-order valence-corrected chi connectivity index (χ2v) is 8.48. The van der Waals surface area contributed by atoms with Crippen LogP contribution in [-0.4, -0.2) is 86.2 Å². The summed E-state index contributed by atoms with van der Waals surface area (Å²) >= 11 is 0. The molecule has 3 aromatic heterocycles. The zero-order valence-corrected chi connectivity index (χ0v) is 19.1. The smallest absolute Gasteiger partial charge is 0.274 e. The molecule has 1 aliphatic carbocycles. The van der Waals surface area contributed by atoms with Gasteiger partial charge in [0.05, 0.1) is 25.2 Å². The van der Waals surface area contributed by atoms with Gasteiger partial charge in [0, 0.05) is 68.7 Å². The number of ether oxygens (including phenoxy) is 2. The number of aromatic amines is 1. The summed E-state index contributed by atoms with van der Waals surface area (Å²) < 4.78 is 11.7. The number of nitrogens with zero attached hydrogens (tertiary/aromatic N) is 7. The second-order valence-electron chi connectivity index (χ2n) is 8.48. The summed E-state index contributed by atoms with van der Waals surface area (Å²) in [5.41, 5.74) is 8.23. The van der Waals surface area contributed by atoms with Gasteiger partial charge in [0.2, 0.25) is 17.8 Å². The van der Waals surface area contributed by atoms with Crippen molar-refractivity contribution in [1.82, 2.24) is 34.8 Å². The van der Waals surface area contributed by atoms with Crippen molar-refractivity contribution in [3.63, 3.8) is 0 Å². The maximum absolute atomic E-state index is 12.7. The van der Waals surface area contributed by atoms with Crippen LogP contribution < -0.4 is 15.4 Å². The quantitative estimate of drug-likeness (QED) is 0.541. The van der Waals surface area contributed by atoms with Crippen molar-refractivity contribution < 1.29 is 14.3 Å². The predicted octanol–water partition coefficient (Wildman–Crippen LogP) is 1.07. The summed E-state index contributed by atoms with van der Waals surface area (Å²) in [6, 6.07) is 1.87. The number of carbonyl (C=O) groups excluding carboxylic acids is 1. The Morgan fingerprint density at radius 1 is 1.21 bits per heavy atom. The summed E-state index contributed by atoms with van der Waals surface area (Å²) in [6.45, 7) is 4.48. The van der Waals surface area contributed by atoms with Crippen LogP contribution in [0.3, 0.4) is 0 Å². The molecule has 12 nitrogen and oxygen atoms in total. The molecule has 0 radical (unpaired) electrons. The minimum Gasteiger partial charge on any atom is -0.474 e. The van der Waals surface area contributed by atoms with Gasteiger partial charge in [-0.1, -0.05) is 0 Å². The van der Waals surface area contributed by atoms with Gasteiger partial charge >= 0.3 is 0 Å². The van der Waals surface area contributed by atoms with Gasteiger partial charge in [0.1, 0.15) is 11.8 Å². The third-order valence-corrected chi connectivity index (χ3v) is 6.21. The Kier molecular flexibility index (Phi) is 5.97. The summed E-state index contributed by atoms with van der Waals surface area (Å²) in [4.78, 5) is 41.1. The average Bonchev–Trinajstić information content (AvgIpc) is 3.27. The van der Waals surface area contributed by atoms with Gasteiger partial charge in [-0.25, -0.2) is 19.9 Å². The Hall–Kier alpha value is -3.80. The standard InChI is InChI=1S/C22H27N9O3/c1-13-19(27-12-26-13)20(32)30(2)15-7-16(8-15)34-18-9-17(14-10-24-21(23)25-11-14)28-22(29-18)31-3-5-33-6-4-31/h9-12,15-16H,3-8H2,1-2H3,(H,26,27)(H2,23,24,25). The van der Waals surface area contributed by atoms with Gasteiger partial charge < -0.3 is 30.0 Å². The van der Waals surface area contributed by atoms with Crippen molar-refractivity contribution in [2.75, 3.05) is 44.0 Å². The molecule has 2 aliphatic rings. The first-order chi connectivity index (χ1) is 16.5. The third-order valence-electron chi connectivity index (χ3n) is 6.21. The van der Waals surface area contributed by atoms with E-state index in [1.165, 1.54) is 6.33 Å². The van der Waals surface area contributed by atoms with Crippen LogP contribution in [-0.2, 0) is 4.74 Å². The van der Waals surface area contributed by atoms with E-state index >= 15 is 0 Å². The Balaban J connectivity index is 1.30. The number of rotatable bonds is 6. The SMILES string of the molecule is Cc1[nH]cnc1C(=O)N(C)C1CC(Oc2cc(-c3cnc(N)nc3)nc(N3CCOCC3)n2)C1. The number of amides is 1. The number of nitrogens with one attached hydrogen (secondary N) is 1. The number of anilines is 2. The summed E-state index contributed by atoms with van der Waals surface area (Å²) in [5, 5.41) is 0. The molecule has 4 heterocycles. The number of hydrogen-bond acceptors (Lipinski definition) is 10. The zero-order chi connectivity index (χ0) is 23.7. The Morgan fingerprint density at radius 3 is 2.62 bits per heavy atom. The highest BCUT2D eigenvalue weighted by Gasteiger charge is 2.37. The van der Waals surface area contributed by atoms with Gasteiger partial charge in [0.25, 0.3) is 5.91 Å². The first-order valence-corrected chi connectivity index (χ1v) is 11.2. The highest BCUT2D eigenvalue weighted by atomic mass is 16.5. The molecule has 0 atom stereocenters. The number of hydrogen-bond donors (Lipinski definition) is 2. The summed E-state index contributed by atoms with van der Waals surface area (Å²) in [5.74, 6) is 1.16. The van der Waals surface area contributed by atoms with Gasteiger partial charge in [-0.3, -0.25) is 4.79 Å². The molecule has 1 aliphatic heterocycles. The van der Waals surface area contributed by atoms with Crippen molar-refractivity contribution in [3.8, 4) is 17.1 Å². The Labute approximate surface area is 196 Å². The number of aryl methyl sites for hydroxylation is 1. The van der Waals surface area contributed by atoms with Gasteiger partial charge in [-0.15, -0.1) is 0 Å². The number of carbonyl (C=O) groups is 1. The van der Waals surface area contributed by atoms with Crippen molar-refractivity contribution in [2.45, 2.75) is 31.9 Å². The highest BCUT2D eigenvalue weighted by Crippen LogP contribution is 2.31. The van der Waals surface area contributed by atoms with Gasteiger partial charge in [0.15, 0.2) is 0 Å². The average molecular weight is 466 g/mol. The number of aromatic nitrogens is 6. The number of morpholine rings is 1. The van der Waals surface area contributed by atoms with E-state index in [1.807, 2.05) is 6.92 Å². The fourth-order valence-electron chi connectivity index (χ4n) is 4.02. The zero-order valence-electron chi connectivity index (χ0n) is 19.1. The van der Waals surface area contributed by atoms with Crippen LogP contribution in [0.4, 0.5) is 11.9 Å². The van der Waals surface area contributed by atoms with Crippen LogP contribution in [0.15, 0.2) is 24.8 Å². The Morgan fingerprint density at radius 2 is 1.94 bits per heavy atom. The predicted molar refractivity (Wildman–Crippen MR) is 123 cm³/mol. The minimum absolute atomic E-state index is 0.0523. The highest BCUT2D eigenvalue weighted by molar-refractivity contribution is 5.93. The number of H-pyrrole nitrogens is 1. The van der Waals surface area contributed by atoms with Crippen LogP contribution in [0.25, 0.3) is 11.3 Å². The third kappa shape index (κ3) is 4.49. The maximum Gasteiger partial charge on any atom is 0.274 e. The molecule has 1 saturated heterocycles. The molecule has 0 bridgehead atoms. The van der Waals surface area contributed by atoms with E-state index < -0.39 is 0 Å². The Bertz CT molecular complexity index is 1150. The van der Waals surface area contributed by atoms with Crippen molar-refractivity contribution in [1.29, 1.82) is 0 Å². The molecular weight excluding hydrogens is 438 g/mol. The molecule has 12 heteroatoms. The summed E-state index contributed by atoms with van der Waals surface area (Å²) in [7, 11) is 1.80. The van der Waals surface area contributed by atoms with E-state index in [4.69, 9.17) is 20.2 Å².